The van der Waals surface area contributed by atoms with Gasteiger partial charge in [0.1, 0.15) is 5.82 Å². The quantitative estimate of drug-likeness (QED) is 0.478. The normalized spacial score (nSPS) is 10.9. The highest BCUT2D eigenvalue weighted by atomic mass is 35.5. The smallest absolute Gasteiger partial charge is 0.255 e. The first-order valence-electron chi connectivity index (χ1n) is 8.64. The molecule has 1 aromatic heterocycles. The van der Waals surface area contributed by atoms with Crippen LogP contribution in [0, 0.1) is 13.8 Å². The molecule has 134 valence electrons. The summed E-state index contributed by atoms with van der Waals surface area (Å²) in [5.74, 6) is 0.611. The van der Waals surface area contributed by atoms with E-state index in [1.807, 2.05) is 62.4 Å². The van der Waals surface area contributed by atoms with Crippen LogP contribution in [0.25, 0.3) is 22.4 Å². The third-order valence-electron chi connectivity index (χ3n) is 4.72. The summed E-state index contributed by atoms with van der Waals surface area (Å²) >= 11 is 6.02. The molecule has 0 bridgehead atoms. The molecular weight excluding hydrogens is 358 g/mol. The molecule has 4 rings (SSSR count). The van der Waals surface area contributed by atoms with Crippen LogP contribution in [0.2, 0.25) is 5.02 Å². The number of carbonyl (C=O) groups excluding carboxylic acids is 1. The maximum absolute atomic E-state index is 12.6. The zero-order valence-electron chi connectivity index (χ0n) is 15.0. The Morgan fingerprint density at radius 2 is 1.81 bits per heavy atom. The Bertz CT molecular complexity index is 1150. The van der Waals surface area contributed by atoms with Gasteiger partial charge in [-0.15, -0.1) is 0 Å². The SMILES string of the molecule is Cc1cccc(NC(=O)c2ccc(-c3nc4ccc(Cl)cc4[nH]3)cc2)c1C. The number of hydrogen-bond donors (Lipinski definition) is 2. The minimum atomic E-state index is -0.133. The number of aromatic nitrogens is 2. The minimum absolute atomic E-state index is 0.133. The molecular formula is C22H18ClN3O. The third-order valence-corrected chi connectivity index (χ3v) is 4.95. The van der Waals surface area contributed by atoms with Crippen molar-refractivity contribution in [3.63, 3.8) is 0 Å². The molecule has 0 aliphatic heterocycles. The van der Waals surface area contributed by atoms with Crippen LogP contribution in [0.15, 0.2) is 60.7 Å². The van der Waals surface area contributed by atoms with Gasteiger partial charge in [0.05, 0.1) is 11.0 Å². The van der Waals surface area contributed by atoms with Gasteiger partial charge < -0.3 is 10.3 Å². The summed E-state index contributed by atoms with van der Waals surface area (Å²) < 4.78 is 0. The van der Waals surface area contributed by atoms with Crippen LogP contribution < -0.4 is 5.32 Å². The average molecular weight is 376 g/mol. The van der Waals surface area contributed by atoms with Crippen molar-refractivity contribution in [1.82, 2.24) is 9.97 Å². The van der Waals surface area contributed by atoms with E-state index in [9.17, 15) is 4.79 Å². The van der Waals surface area contributed by atoms with Gasteiger partial charge in [0.15, 0.2) is 0 Å². The van der Waals surface area contributed by atoms with E-state index in [1.54, 1.807) is 12.1 Å². The first-order valence-corrected chi connectivity index (χ1v) is 9.02. The molecule has 0 unspecified atom stereocenters. The number of nitrogens with one attached hydrogen (secondary N) is 2. The number of amides is 1. The second kappa shape index (κ2) is 6.89. The maximum atomic E-state index is 12.6. The zero-order chi connectivity index (χ0) is 19.0. The molecule has 4 nitrogen and oxygen atoms in total. The molecule has 27 heavy (non-hydrogen) atoms. The summed E-state index contributed by atoms with van der Waals surface area (Å²) in [5, 5.41) is 3.64. The molecule has 0 saturated carbocycles. The van der Waals surface area contributed by atoms with Crippen molar-refractivity contribution in [2.75, 3.05) is 5.32 Å². The highest BCUT2D eigenvalue weighted by molar-refractivity contribution is 6.31. The molecule has 0 spiro atoms. The zero-order valence-corrected chi connectivity index (χ0v) is 15.8. The lowest BCUT2D eigenvalue weighted by Crippen LogP contribution is -2.12. The van der Waals surface area contributed by atoms with Gasteiger partial charge in [-0.05, 0) is 61.4 Å². The molecule has 2 N–H and O–H groups in total. The van der Waals surface area contributed by atoms with E-state index in [2.05, 4.69) is 15.3 Å². The number of aromatic amines is 1. The van der Waals surface area contributed by atoms with E-state index in [0.717, 1.165) is 39.2 Å². The summed E-state index contributed by atoms with van der Waals surface area (Å²) in [7, 11) is 0. The fourth-order valence-corrected chi connectivity index (χ4v) is 3.15. The second-order valence-electron chi connectivity index (χ2n) is 6.53. The molecule has 0 atom stereocenters. The molecule has 1 heterocycles. The Morgan fingerprint density at radius 1 is 1.04 bits per heavy atom. The van der Waals surface area contributed by atoms with Gasteiger partial charge in [-0.2, -0.15) is 0 Å². The van der Waals surface area contributed by atoms with Crippen molar-refractivity contribution >= 4 is 34.2 Å². The van der Waals surface area contributed by atoms with Crippen LogP contribution in [0.3, 0.4) is 0 Å². The standard InChI is InChI=1S/C22H18ClN3O/c1-13-4-3-5-18(14(13)2)26-22(27)16-8-6-15(7-9-16)21-24-19-11-10-17(23)12-20(19)25-21/h3-12H,1-2H3,(H,24,25)(H,26,27). The van der Waals surface area contributed by atoms with Gasteiger partial charge in [-0.1, -0.05) is 35.9 Å². The van der Waals surface area contributed by atoms with E-state index in [0.29, 0.717) is 10.6 Å². The summed E-state index contributed by atoms with van der Waals surface area (Å²) in [5.41, 5.74) is 6.29. The summed E-state index contributed by atoms with van der Waals surface area (Å²) in [6.07, 6.45) is 0. The Labute approximate surface area is 162 Å². The fraction of sp³-hybridized carbons (Fsp3) is 0.0909. The van der Waals surface area contributed by atoms with Crippen molar-refractivity contribution in [3.05, 3.63) is 82.4 Å². The van der Waals surface area contributed by atoms with Crippen LogP contribution in [0.4, 0.5) is 5.69 Å². The van der Waals surface area contributed by atoms with E-state index < -0.39 is 0 Å². The monoisotopic (exact) mass is 375 g/mol. The van der Waals surface area contributed by atoms with E-state index in [4.69, 9.17) is 11.6 Å². The predicted molar refractivity (Wildman–Crippen MR) is 110 cm³/mol. The van der Waals surface area contributed by atoms with Gasteiger partial charge in [0, 0.05) is 21.8 Å². The maximum Gasteiger partial charge on any atom is 0.255 e. The number of fused-ring (bicyclic) bond motifs is 1. The highest BCUT2D eigenvalue weighted by Crippen LogP contribution is 2.24. The molecule has 0 fully saturated rings. The first kappa shape index (κ1) is 17.3. The van der Waals surface area contributed by atoms with Crippen molar-refractivity contribution in [2.45, 2.75) is 13.8 Å². The lowest BCUT2D eigenvalue weighted by atomic mass is 10.1. The Kier molecular flexibility index (Phi) is 4.42. The lowest BCUT2D eigenvalue weighted by Gasteiger charge is -2.10. The number of hydrogen-bond acceptors (Lipinski definition) is 2. The number of carbonyl (C=O) groups is 1. The number of halogens is 1. The Balaban J connectivity index is 1.57. The molecule has 5 heteroatoms. The fourth-order valence-electron chi connectivity index (χ4n) is 2.98. The van der Waals surface area contributed by atoms with Crippen LogP contribution in [-0.4, -0.2) is 15.9 Å². The van der Waals surface area contributed by atoms with Gasteiger partial charge >= 0.3 is 0 Å². The van der Waals surface area contributed by atoms with Gasteiger partial charge in [0.2, 0.25) is 0 Å². The number of aryl methyl sites for hydroxylation is 1. The van der Waals surface area contributed by atoms with Crippen molar-refractivity contribution in [2.24, 2.45) is 0 Å². The summed E-state index contributed by atoms with van der Waals surface area (Å²) in [6, 6.07) is 18.8. The van der Waals surface area contributed by atoms with E-state index in [1.165, 1.54) is 0 Å². The number of benzene rings is 3. The Morgan fingerprint density at radius 3 is 2.59 bits per heavy atom. The van der Waals surface area contributed by atoms with Crippen molar-refractivity contribution in [1.29, 1.82) is 0 Å². The molecule has 0 aliphatic rings. The van der Waals surface area contributed by atoms with Crippen molar-refractivity contribution < 1.29 is 4.79 Å². The Hall–Kier alpha value is -3.11. The first-order chi connectivity index (χ1) is 13.0. The average Bonchev–Trinajstić information content (AvgIpc) is 3.08. The molecule has 4 aromatic rings. The third kappa shape index (κ3) is 3.44. The highest BCUT2D eigenvalue weighted by Gasteiger charge is 2.10. The second-order valence-corrected chi connectivity index (χ2v) is 6.96. The minimum Gasteiger partial charge on any atom is -0.338 e. The van der Waals surface area contributed by atoms with E-state index in [-0.39, 0.29) is 5.91 Å². The molecule has 0 radical (unpaired) electrons. The number of rotatable bonds is 3. The topological polar surface area (TPSA) is 57.8 Å². The van der Waals surface area contributed by atoms with Gasteiger partial charge in [-0.25, -0.2) is 4.98 Å². The van der Waals surface area contributed by atoms with Gasteiger partial charge in [0.25, 0.3) is 5.91 Å². The summed E-state index contributed by atoms with van der Waals surface area (Å²) in [4.78, 5) is 20.4. The van der Waals surface area contributed by atoms with E-state index >= 15 is 0 Å². The number of anilines is 1. The molecule has 0 saturated heterocycles. The largest absolute Gasteiger partial charge is 0.338 e. The number of imidazole rings is 1. The van der Waals surface area contributed by atoms with Crippen LogP contribution in [0.1, 0.15) is 21.5 Å². The van der Waals surface area contributed by atoms with Gasteiger partial charge in [-0.3, -0.25) is 4.79 Å². The van der Waals surface area contributed by atoms with Crippen LogP contribution >= 0.6 is 11.6 Å². The van der Waals surface area contributed by atoms with Crippen LogP contribution in [-0.2, 0) is 0 Å². The summed E-state index contributed by atoms with van der Waals surface area (Å²) in [6.45, 7) is 4.03. The molecule has 1 amide bonds. The van der Waals surface area contributed by atoms with Crippen molar-refractivity contribution in [3.8, 4) is 11.4 Å². The van der Waals surface area contributed by atoms with Crippen LogP contribution in [0.5, 0.6) is 0 Å². The predicted octanol–water partition coefficient (Wildman–Crippen LogP) is 5.75. The molecule has 3 aromatic carbocycles. The number of H-pyrrole nitrogens is 1. The number of nitrogens with zero attached hydrogens (tertiary/aromatic N) is 1. The molecule has 0 aliphatic carbocycles. The lowest BCUT2D eigenvalue weighted by molar-refractivity contribution is 0.102.